The van der Waals surface area contributed by atoms with Crippen molar-refractivity contribution in [2.24, 2.45) is 5.84 Å². The Morgan fingerprint density at radius 1 is 1.25 bits per heavy atom. The Morgan fingerprint density at radius 2 is 1.88 bits per heavy atom. The summed E-state index contributed by atoms with van der Waals surface area (Å²) in [7, 11) is 0. The quantitative estimate of drug-likeness (QED) is 0.495. The molecule has 0 atom stereocenters. The monoisotopic (exact) mass is 333 g/mol. The molecule has 2 rings (SSSR count). The maximum absolute atomic E-state index is 12.1. The number of hydrogen-bond donors (Lipinski definition) is 2. The molecule has 3 N–H and O–H groups in total. The minimum absolute atomic E-state index is 0.256. The van der Waals surface area contributed by atoms with Crippen molar-refractivity contribution in [3.8, 4) is 0 Å². The number of nitrogen functional groups attached to an aromatic ring is 1. The number of nitrogens with one attached hydrogen (secondary N) is 1. The van der Waals surface area contributed by atoms with Gasteiger partial charge >= 0.3 is 6.09 Å². The number of carbonyl (C=O) groups excluding carboxylic acids is 2. The van der Waals surface area contributed by atoms with Gasteiger partial charge in [-0.05, 0) is 69.7 Å². The van der Waals surface area contributed by atoms with Crippen molar-refractivity contribution >= 4 is 12.0 Å². The fourth-order valence-corrected chi connectivity index (χ4v) is 3.00. The zero-order chi connectivity index (χ0) is 17.9. The minimum atomic E-state index is -0.478. The van der Waals surface area contributed by atoms with Gasteiger partial charge in [-0.25, -0.2) is 10.6 Å². The highest BCUT2D eigenvalue weighted by Crippen LogP contribution is 2.31. The Balaban J connectivity index is 2.04. The summed E-state index contributed by atoms with van der Waals surface area (Å²) in [5.41, 5.74) is 4.56. The van der Waals surface area contributed by atoms with E-state index in [1.54, 1.807) is 11.0 Å². The van der Waals surface area contributed by atoms with Gasteiger partial charge in [0.2, 0.25) is 0 Å². The summed E-state index contributed by atoms with van der Waals surface area (Å²) in [5, 5.41) is 0. The maximum atomic E-state index is 12.1. The average molecular weight is 333 g/mol. The predicted octanol–water partition coefficient (Wildman–Crippen LogP) is 2.71. The normalized spacial score (nSPS) is 16.0. The van der Waals surface area contributed by atoms with Crippen LogP contribution >= 0.6 is 0 Å². The van der Waals surface area contributed by atoms with Crippen LogP contribution in [0.1, 0.15) is 61.0 Å². The van der Waals surface area contributed by atoms with E-state index in [9.17, 15) is 9.59 Å². The summed E-state index contributed by atoms with van der Waals surface area (Å²) >= 11 is 0. The molecule has 0 aromatic heterocycles. The van der Waals surface area contributed by atoms with Crippen LogP contribution in [0.2, 0.25) is 0 Å². The second kappa shape index (κ2) is 7.21. The lowest BCUT2D eigenvalue weighted by Gasteiger charge is -2.34. The Bertz CT molecular complexity index is 614. The number of likely N-dealkylation sites (tertiary alicyclic amines) is 1. The topological polar surface area (TPSA) is 84.7 Å². The van der Waals surface area contributed by atoms with Crippen molar-refractivity contribution in [3.05, 3.63) is 34.9 Å². The number of ether oxygens (including phenoxy) is 1. The zero-order valence-electron chi connectivity index (χ0n) is 14.9. The molecule has 1 heterocycles. The van der Waals surface area contributed by atoms with Crippen molar-refractivity contribution in [2.75, 3.05) is 13.1 Å². The predicted molar refractivity (Wildman–Crippen MR) is 92.6 cm³/mol. The first kappa shape index (κ1) is 18.3. The van der Waals surface area contributed by atoms with Crippen LogP contribution in [-0.4, -0.2) is 35.6 Å². The first-order chi connectivity index (χ1) is 11.2. The van der Waals surface area contributed by atoms with Crippen LogP contribution in [0.3, 0.4) is 0 Å². The lowest BCUT2D eigenvalue weighted by atomic mass is 9.86. The largest absolute Gasteiger partial charge is 0.444 e. The van der Waals surface area contributed by atoms with Crippen LogP contribution in [0, 0.1) is 6.92 Å². The number of aryl methyl sites for hydroxylation is 1. The fourth-order valence-electron chi connectivity index (χ4n) is 3.00. The standard InChI is InChI=1S/C18H27N3O3/c1-12-5-6-14(16(22)20-19)11-15(12)13-7-9-21(10-8-13)17(23)24-18(2,3)4/h5-6,11,13H,7-10,19H2,1-4H3,(H,20,22). The molecule has 1 saturated heterocycles. The second-order valence-electron chi connectivity index (χ2n) is 7.29. The lowest BCUT2D eigenvalue weighted by Crippen LogP contribution is -2.41. The van der Waals surface area contributed by atoms with Crippen molar-refractivity contribution in [2.45, 2.75) is 52.1 Å². The number of piperidine rings is 1. The third-order valence-corrected chi connectivity index (χ3v) is 4.26. The van der Waals surface area contributed by atoms with Crippen LogP contribution in [0.15, 0.2) is 18.2 Å². The van der Waals surface area contributed by atoms with E-state index in [0.717, 1.165) is 24.0 Å². The summed E-state index contributed by atoms with van der Waals surface area (Å²) < 4.78 is 5.43. The summed E-state index contributed by atoms with van der Waals surface area (Å²) in [6.45, 7) is 8.97. The molecule has 132 valence electrons. The van der Waals surface area contributed by atoms with Crippen LogP contribution in [-0.2, 0) is 4.74 Å². The van der Waals surface area contributed by atoms with E-state index < -0.39 is 5.60 Å². The Kier molecular flexibility index (Phi) is 5.49. The fraction of sp³-hybridized carbons (Fsp3) is 0.556. The molecule has 6 heteroatoms. The van der Waals surface area contributed by atoms with E-state index in [4.69, 9.17) is 10.6 Å². The van der Waals surface area contributed by atoms with Gasteiger partial charge in [-0.1, -0.05) is 6.07 Å². The molecule has 1 fully saturated rings. The highest BCUT2D eigenvalue weighted by Gasteiger charge is 2.28. The molecule has 2 amide bonds. The number of carbonyl (C=O) groups is 2. The molecule has 24 heavy (non-hydrogen) atoms. The Morgan fingerprint density at radius 3 is 2.42 bits per heavy atom. The minimum Gasteiger partial charge on any atom is -0.444 e. The van der Waals surface area contributed by atoms with E-state index in [2.05, 4.69) is 5.43 Å². The van der Waals surface area contributed by atoms with Gasteiger partial charge in [-0.2, -0.15) is 0 Å². The average Bonchev–Trinajstić information content (AvgIpc) is 2.53. The second-order valence-corrected chi connectivity index (χ2v) is 7.29. The molecule has 0 radical (unpaired) electrons. The summed E-state index contributed by atoms with van der Waals surface area (Å²) in [6, 6.07) is 5.63. The first-order valence-corrected chi connectivity index (χ1v) is 8.30. The Labute approximate surface area is 143 Å². The SMILES string of the molecule is Cc1ccc(C(=O)NN)cc1C1CCN(C(=O)OC(C)(C)C)CC1. The molecular weight excluding hydrogens is 306 g/mol. The highest BCUT2D eigenvalue weighted by atomic mass is 16.6. The molecule has 1 aromatic rings. The van der Waals surface area contributed by atoms with Crippen LogP contribution in [0.25, 0.3) is 0 Å². The molecule has 0 saturated carbocycles. The van der Waals surface area contributed by atoms with E-state index in [-0.39, 0.29) is 12.0 Å². The van der Waals surface area contributed by atoms with Crippen LogP contribution in [0.5, 0.6) is 0 Å². The van der Waals surface area contributed by atoms with Crippen molar-refractivity contribution in [1.29, 1.82) is 0 Å². The van der Waals surface area contributed by atoms with Crippen molar-refractivity contribution in [3.63, 3.8) is 0 Å². The molecule has 6 nitrogen and oxygen atoms in total. The Hall–Kier alpha value is -2.08. The molecule has 0 unspecified atom stereocenters. The smallest absolute Gasteiger partial charge is 0.410 e. The van der Waals surface area contributed by atoms with Gasteiger partial charge in [-0.15, -0.1) is 0 Å². The van der Waals surface area contributed by atoms with Gasteiger partial charge < -0.3 is 9.64 Å². The number of nitrogens with zero attached hydrogens (tertiary/aromatic N) is 1. The van der Waals surface area contributed by atoms with Crippen molar-refractivity contribution in [1.82, 2.24) is 10.3 Å². The van der Waals surface area contributed by atoms with Crippen LogP contribution < -0.4 is 11.3 Å². The van der Waals surface area contributed by atoms with Gasteiger partial charge in [0, 0.05) is 18.7 Å². The van der Waals surface area contributed by atoms with Crippen LogP contribution in [0.4, 0.5) is 4.79 Å². The summed E-state index contributed by atoms with van der Waals surface area (Å²) in [6.07, 6.45) is 1.45. The summed E-state index contributed by atoms with van der Waals surface area (Å²) in [5.74, 6) is 5.25. The first-order valence-electron chi connectivity index (χ1n) is 8.30. The van der Waals surface area contributed by atoms with E-state index >= 15 is 0 Å². The van der Waals surface area contributed by atoms with Gasteiger partial charge in [0.25, 0.3) is 5.91 Å². The molecular formula is C18H27N3O3. The van der Waals surface area contributed by atoms with Gasteiger partial charge in [0.15, 0.2) is 0 Å². The number of rotatable bonds is 2. The number of amides is 2. The lowest BCUT2D eigenvalue weighted by molar-refractivity contribution is 0.0204. The number of nitrogens with two attached hydrogens (primary N) is 1. The number of hydrazine groups is 1. The maximum Gasteiger partial charge on any atom is 0.410 e. The third kappa shape index (κ3) is 4.47. The van der Waals surface area contributed by atoms with Gasteiger partial charge in [-0.3, -0.25) is 10.2 Å². The molecule has 1 aliphatic heterocycles. The highest BCUT2D eigenvalue weighted by molar-refractivity contribution is 5.94. The molecule has 1 aliphatic rings. The third-order valence-electron chi connectivity index (χ3n) is 4.26. The molecule has 0 bridgehead atoms. The molecule has 1 aromatic carbocycles. The van der Waals surface area contributed by atoms with E-state index in [0.29, 0.717) is 24.6 Å². The van der Waals surface area contributed by atoms with Gasteiger partial charge in [0.05, 0.1) is 0 Å². The zero-order valence-corrected chi connectivity index (χ0v) is 14.9. The molecule has 0 spiro atoms. The summed E-state index contributed by atoms with van der Waals surface area (Å²) in [4.78, 5) is 25.6. The molecule has 0 aliphatic carbocycles. The van der Waals surface area contributed by atoms with Crippen molar-refractivity contribution < 1.29 is 14.3 Å². The number of benzene rings is 1. The van der Waals surface area contributed by atoms with E-state index in [1.807, 2.05) is 39.8 Å². The van der Waals surface area contributed by atoms with E-state index in [1.165, 1.54) is 0 Å². The number of hydrogen-bond acceptors (Lipinski definition) is 4. The van der Waals surface area contributed by atoms with Gasteiger partial charge in [0.1, 0.15) is 5.60 Å².